The fraction of sp³-hybridized carbons (Fsp3) is 0.480. The van der Waals surface area contributed by atoms with Gasteiger partial charge in [-0.2, -0.15) is 0 Å². The summed E-state index contributed by atoms with van der Waals surface area (Å²) in [7, 11) is 0. The molecule has 0 spiro atoms. The summed E-state index contributed by atoms with van der Waals surface area (Å²) in [5.74, 6) is -0.873. The molecule has 5 heteroatoms. The Kier molecular flexibility index (Phi) is 6.70. The van der Waals surface area contributed by atoms with Gasteiger partial charge in [0.1, 0.15) is 0 Å². The Labute approximate surface area is 179 Å². The monoisotopic (exact) mass is 408 g/mol. The number of anilines is 2. The van der Waals surface area contributed by atoms with Crippen molar-refractivity contribution in [2.24, 2.45) is 5.92 Å². The molecule has 2 aromatic rings. The number of benzene rings is 2. The van der Waals surface area contributed by atoms with Crippen LogP contribution in [-0.2, 0) is 16.0 Å². The highest BCUT2D eigenvalue weighted by Gasteiger charge is 2.28. The molecule has 2 atom stereocenters. The summed E-state index contributed by atoms with van der Waals surface area (Å²) in [5.41, 5.74) is 5.05. The van der Waals surface area contributed by atoms with Crippen molar-refractivity contribution in [1.29, 1.82) is 0 Å². The van der Waals surface area contributed by atoms with E-state index in [-0.39, 0.29) is 12.0 Å². The molecule has 2 aromatic carbocycles. The number of carbonyl (C=O) groups is 1. The van der Waals surface area contributed by atoms with Gasteiger partial charge in [-0.05, 0) is 57.0 Å². The molecular formula is C25H32N2O3. The van der Waals surface area contributed by atoms with E-state index in [2.05, 4.69) is 65.3 Å². The molecule has 0 amide bonds. The topological polar surface area (TPSA) is 53.0 Å². The Morgan fingerprint density at radius 1 is 1.10 bits per heavy atom. The van der Waals surface area contributed by atoms with Crippen LogP contribution in [0.15, 0.2) is 48.5 Å². The summed E-state index contributed by atoms with van der Waals surface area (Å²) < 4.78 is 6.14. The number of aliphatic carboxylic acids is 1. The second kappa shape index (κ2) is 9.63. The molecule has 2 aliphatic heterocycles. The van der Waals surface area contributed by atoms with Crippen LogP contribution in [0.3, 0.4) is 0 Å². The number of carboxylic acids is 1. The smallest absolute Gasteiger partial charge is 0.307 e. The van der Waals surface area contributed by atoms with E-state index in [1.165, 1.54) is 22.5 Å². The number of hydrogen-bond donors (Lipinski definition) is 1. The maximum Gasteiger partial charge on any atom is 0.307 e. The van der Waals surface area contributed by atoms with Crippen LogP contribution < -0.4 is 4.90 Å². The number of para-hydroxylation sites is 2. The van der Waals surface area contributed by atoms with Crippen molar-refractivity contribution in [1.82, 2.24) is 4.90 Å². The van der Waals surface area contributed by atoms with Gasteiger partial charge in [0, 0.05) is 43.1 Å². The Hall–Kier alpha value is -2.37. The summed E-state index contributed by atoms with van der Waals surface area (Å²) >= 11 is 0. The molecule has 0 saturated carbocycles. The van der Waals surface area contributed by atoms with E-state index >= 15 is 0 Å². The normalized spacial score (nSPS) is 21.6. The molecule has 160 valence electrons. The highest BCUT2D eigenvalue weighted by atomic mass is 16.5. The molecule has 0 aliphatic carbocycles. The van der Waals surface area contributed by atoms with Crippen LogP contribution in [0.2, 0.25) is 0 Å². The SMILES string of the molecule is CCO[C@@H]1Cc2ccccc2N(CCCN2CCCC(C(=O)O)C2)c2ccccc21. The first kappa shape index (κ1) is 20.9. The third-order valence-electron chi connectivity index (χ3n) is 6.34. The molecule has 4 rings (SSSR count). The summed E-state index contributed by atoms with van der Waals surface area (Å²) in [4.78, 5) is 16.1. The van der Waals surface area contributed by atoms with E-state index in [0.717, 1.165) is 45.3 Å². The number of carboxylic acid groups (broad SMARTS) is 1. The van der Waals surface area contributed by atoms with Gasteiger partial charge in [0.25, 0.3) is 0 Å². The number of piperidine rings is 1. The first-order valence-electron chi connectivity index (χ1n) is 11.2. The van der Waals surface area contributed by atoms with Gasteiger partial charge in [0.05, 0.1) is 12.0 Å². The van der Waals surface area contributed by atoms with Gasteiger partial charge in [-0.25, -0.2) is 0 Å². The fourth-order valence-electron chi connectivity index (χ4n) is 4.90. The van der Waals surface area contributed by atoms with Crippen molar-refractivity contribution in [2.75, 3.05) is 37.7 Å². The lowest BCUT2D eigenvalue weighted by molar-refractivity contribution is -0.143. The fourth-order valence-corrected chi connectivity index (χ4v) is 4.90. The lowest BCUT2D eigenvalue weighted by Crippen LogP contribution is -2.39. The Bertz CT molecular complexity index is 869. The predicted octanol–water partition coefficient (Wildman–Crippen LogP) is 4.65. The van der Waals surface area contributed by atoms with Gasteiger partial charge >= 0.3 is 5.97 Å². The largest absolute Gasteiger partial charge is 0.481 e. The quantitative estimate of drug-likeness (QED) is 0.723. The van der Waals surface area contributed by atoms with Crippen molar-refractivity contribution < 1.29 is 14.6 Å². The number of nitrogens with zero attached hydrogens (tertiary/aromatic N) is 2. The van der Waals surface area contributed by atoms with Gasteiger partial charge in [-0.1, -0.05) is 36.4 Å². The van der Waals surface area contributed by atoms with Gasteiger partial charge in [0.15, 0.2) is 0 Å². The van der Waals surface area contributed by atoms with Crippen molar-refractivity contribution in [3.05, 3.63) is 59.7 Å². The molecule has 0 radical (unpaired) electrons. The van der Waals surface area contributed by atoms with E-state index in [1.54, 1.807) is 0 Å². The standard InChI is InChI=1S/C25H32N2O3/c1-2-30-24-17-19-9-3-5-12-22(19)27(23-13-6-4-11-21(23)24)16-8-15-26-14-7-10-20(18-26)25(28)29/h3-6,9,11-13,20,24H,2,7-8,10,14-18H2,1H3,(H,28,29)/t20?,24-/m1/s1. The molecule has 5 nitrogen and oxygen atoms in total. The van der Waals surface area contributed by atoms with Gasteiger partial charge in [0.2, 0.25) is 0 Å². The van der Waals surface area contributed by atoms with Crippen LogP contribution >= 0.6 is 0 Å². The molecule has 2 heterocycles. The number of rotatable bonds is 7. The molecule has 1 saturated heterocycles. The van der Waals surface area contributed by atoms with Crippen LogP contribution in [0.1, 0.15) is 43.4 Å². The van der Waals surface area contributed by atoms with Crippen LogP contribution in [0.4, 0.5) is 11.4 Å². The number of hydrogen-bond acceptors (Lipinski definition) is 4. The predicted molar refractivity (Wildman–Crippen MR) is 119 cm³/mol. The highest BCUT2D eigenvalue weighted by molar-refractivity contribution is 5.72. The second-order valence-electron chi connectivity index (χ2n) is 8.32. The van der Waals surface area contributed by atoms with Crippen molar-refractivity contribution in [3.63, 3.8) is 0 Å². The number of ether oxygens (including phenoxy) is 1. The number of fused-ring (bicyclic) bond motifs is 2. The minimum absolute atomic E-state index is 0.0655. The molecule has 0 aromatic heterocycles. The zero-order valence-corrected chi connectivity index (χ0v) is 17.8. The summed E-state index contributed by atoms with van der Waals surface area (Å²) in [6.07, 6.45) is 3.72. The summed E-state index contributed by atoms with van der Waals surface area (Å²) in [6, 6.07) is 17.2. The molecule has 1 N–H and O–H groups in total. The maximum atomic E-state index is 11.4. The van der Waals surface area contributed by atoms with E-state index < -0.39 is 5.97 Å². The minimum Gasteiger partial charge on any atom is -0.481 e. The van der Waals surface area contributed by atoms with Crippen LogP contribution in [0.25, 0.3) is 0 Å². The van der Waals surface area contributed by atoms with E-state index in [1.807, 2.05) is 0 Å². The molecule has 30 heavy (non-hydrogen) atoms. The molecule has 0 bridgehead atoms. The van der Waals surface area contributed by atoms with Gasteiger partial charge in [-0.3, -0.25) is 4.79 Å². The van der Waals surface area contributed by atoms with E-state index in [0.29, 0.717) is 13.2 Å². The first-order valence-corrected chi connectivity index (χ1v) is 11.2. The van der Waals surface area contributed by atoms with E-state index in [4.69, 9.17) is 4.74 Å². The van der Waals surface area contributed by atoms with Crippen LogP contribution in [0, 0.1) is 5.92 Å². The first-order chi connectivity index (χ1) is 14.7. The van der Waals surface area contributed by atoms with Crippen LogP contribution in [0.5, 0.6) is 0 Å². The Morgan fingerprint density at radius 2 is 1.87 bits per heavy atom. The summed E-state index contributed by atoms with van der Waals surface area (Å²) in [6.45, 7) is 6.26. The minimum atomic E-state index is -0.656. The molecule has 1 unspecified atom stereocenters. The number of likely N-dealkylation sites (tertiary alicyclic amines) is 1. The average Bonchev–Trinajstić information content (AvgIpc) is 2.89. The zero-order valence-electron chi connectivity index (χ0n) is 17.8. The third kappa shape index (κ3) is 4.52. The summed E-state index contributed by atoms with van der Waals surface area (Å²) in [5, 5.41) is 9.36. The van der Waals surface area contributed by atoms with Crippen molar-refractivity contribution >= 4 is 17.3 Å². The Morgan fingerprint density at radius 3 is 2.67 bits per heavy atom. The zero-order chi connectivity index (χ0) is 20.9. The lowest BCUT2D eigenvalue weighted by atomic mass is 9.98. The van der Waals surface area contributed by atoms with Crippen LogP contribution in [-0.4, -0.2) is 48.8 Å². The lowest BCUT2D eigenvalue weighted by Gasteiger charge is -2.32. The average molecular weight is 409 g/mol. The molecule has 1 fully saturated rings. The highest BCUT2D eigenvalue weighted by Crippen LogP contribution is 2.41. The second-order valence-corrected chi connectivity index (χ2v) is 8.32. The van der Waals surface area contributed by atoms with Crippen molar-refractivity contribution in [2.45, 2.75) is 38.7 Å². The third-order valence-corrected chi connectivity index (χ3v) is 6.34. The molecular weight excluding hydrogens is 376 g/mol. The van der Waals surface area contributed by atoms with E-state index in [9.17, 15) is 9.90 Å². The molecule has 2 aliphatic rings. The maximum absolute atomic E-state index is 11.4. The van der Waals surface area contributed by atoms with Crippen molar-refractivity contribution in [3.8, 4) is 0 Å². The Balaban J connectivity index is 1.53. The van der Waals surface area contributed by atoms with Gasteiger partial charge < -0.3 is 19.6 Å². The van der Waals surface area contributed by atoms with Gasteiger partial charge in [-0.15, -0.1) is 0 Å².